The fourth-order valence-corrected chi connectivity index (χ4v) is 2.46. The van der Waals surface area contributed by atoms with Crippen LogP contribution in [-0.2, 0) is 6.42 Å². The smallest absolute Gasteiger partial charge is 0.251 e. The summed E-state index contributed by atoms with van der Waals surface area (Å²) in [5.74, 6) is -0.486. The van der Waals surface area contributed by atoms with Gasteiger partial charge in [0.05, 0.1) is 0 Å². The fraction of sp³-hybridized carbons (Fsp3) is 0.190. The van der Waals surface area contributed by atoms with E-state index in [0.29, 0.717) is 16.7 Å². The Balaban J connectivity index is 2.23. The Morgan fingerprint density at radius 2 is 1.64 bits per heavy atom. The Morgan fingerprint density at radius 3 is 2.16 bits per heavy atom. The maximum absolute atomic E-state index is 12.5. The molecule has 4 nitrogen and oxygen atoms in total. The molecule has 0 aliphatic rings. The van der Waals surface area contributed by atoms with Gasteiger partial charge in [-0.05, 0) is 35.8 Å². The number of carbonyl (C=O) groups excluding carboxylic acids is 2. The number of aryl methyl sites for hydroxylation is 1. The maximum atomic E-state index is 12.5. The molecular weight excluding hydrogens is 312 g/mol. The Hall–Kier alpha value is -3.19. The quantitative estimate of drug-likeness (QED) is 0.497. The molecule has 1 amide bonds. The zero-order valence-corrected chi connectivity index (χ0v) is 14.4. The molecular formula is C21H20N2O2. The second-order valence-electron chi connectivity index (χ2n) is 5.65. The van der Waals surface area contributed by atoms with Gasteiger partial charge >= 0.3 is 0 Å². The van der Waals surface area contributed by atoms with Crippen molar-refractivity contribution < 1.29 is 9.59 Å². The summed E-state index contributed by atoms with van der Waals surface area (Å²) >= 11 is 0. The largest absolute Gasteiger partial charge is 0.355 e. The molecule has 1 N–H and O–H groups in total. The Morgan fingerprint density at radius 1 is 1.04 bits per heavy atom. The van der Waals surface area contributed by atoms with Crippen LogP contribution >= 0.6 is 0 Å². The summed E-state index contributed by atoms with van der Waals surface area (Å²) in [5.41, 5.74) is 2.95. The molecule has 0 bridgehead atoms. The van der Waals surface area contributed by atoms with Crippen LogP contribution in [0.4, 0.5) is 0 Å². The zero-order chi connectivity index (χ0) is 18.2. The molecule has 0 spiro atoms. The molecule has 0 aromatic heterocycles. The van der Waals surface area contributed by atoms with Crippen LogP contribution in [0.1, 0.15) is 45.2 Å². The maximum Gasteiger partial charge on any atom is 0.251 e. The highest BCUT2D eigenvalue weighted by molar-refractivity contribution is 6.14. The summed E-state index contributed by atoms with van der Waals surface area (Å²) < 4.78 is 0. The minimum absolute atomic E-state index is 0.0657. The zero-order valence-electron chi connectivity index (χ0n) is 14.4. The van der Waals surface area contributed by atoms with E-state index in [4.69, 9.17) is 0 Å². The van der Waals surface area contributed by atoms with E-state index in [1.807, 2.05) is 18.2 Å². The van der Waals surface area contributed by atoms with Gasteiger partial charge in [-0.15, -0.1) is 0 Å². The normalized spacial score (nSPS) is 10.8. The molecule has 126 valence electrons. The minimum atomic E-state index is -0.305. The fourth-order valence-electron chi connectivity index (χ4n) is 2.46. The molecule has 2 aromatic carbocycles. The van der Waals surface area contributed by atoms with E-state index in [9.17, 15) is 14.9 Å². The first-order valence-electron chi connectivity index (χ1n) is 8.16. The number of ketones is 1. The van der Waals surface area contributed by atoms with E-state index in [1.54, 1.807) is 43.4 Å². The second kappa shape index (κ2) is 8.60. The highest BCUT2D eigenvalue weighted by Gasteiger charge is 2.12. The predicted octanol–water partition coefficient (Wildman–Crippen LogP) is 3.79. The molecule has 4 heteroatoms. The van der Waals surface area contributed by atoms with Crippen LogP contribution in [0.2, 0.25) is 0 Å². The lowest BCUT2D eigenvalue weighted by atomic mass is 9.99. The van der Waals surface area contributed by atoms with Crippen LogP contribution in [0.3, 0.4) is 0 Å². The van der Waals surface area contributed by atoms with Gasteiger partial charge in [-0.2, -0.15) is 5.26 Å². The third-order valence-electron chi connectivity index (χ3n) is 3.83. The number of allylic oxidation sites excluding steroid dienone is 1. The summed E-state index contributed by atoms with van der Waals surface area (Å²) in [4.78, 5) is 24.1. The van der Waals surface area contributed by atoms with E-state index < -0.39 is 0 Å². The molecule has 2 rings (SSSR count). The predicted molar refractivity (Wildman–Crippen MR) is 98.2 cm³/mol. The lowest BCUT2D eigenvalue weighted by Crippen LogP contribution is -2.17. The standard InChI is InChI=1S/C21H20N2O2/c1-3-4-15-5-9-17(10-6-15)20(24)19(14-22)13-16-7-11-18(12-8-16)21(25)23-2/h5-13H,3-4H2,1-2H3,(H,23,25)/b19-13-. The summed E-state index contributed by atoms with van der Waals surface area (Å²) in [6.45, 7) is 2.10. The Bertz CT molecular complexity index is 826. The van der Waals surface area contributed by atoms with Gasteiger partial charge in [0.2, 0.25) is 5.78 Å². The topological polar surface area (TPSA) is 70.0 Å². The summed E-state index contributed by atoms with van der Waals surface area (Å²) in [7, 11) is 1.56. The highest BCUT2D eigenvalue weighted by atomic mass is 16.1. The first-order valence-corrected chi connectivity index (χ1v) is 8.16. The molecule has 0 radical (unpaired) electrons. The van der Waals surface area contributed by atoms with Crippen LogP contribution in [-0.4, -0.2) is 18.7 Å². The molecule has 0 saturated carbocycles. The van der Waals surface area contributed by atoms with E-state index in [0.717, 1.165) is 12.8 Å². The third kappa shape index (κ3) is 4.65. The summed E-state index contributed by atoms with van der Waals surface area (Å²) in [6, 6.07) is 16.1. The first-order chi connectivity index (χ1) is 12.1. The lowest BCUT2D eigenvalue weighted by molar-refractivity contribution is 0.0962. The van der Waals surface area contributed by atoms with Gasteiger partial charge in [0, 0.05) is 18.2 Å². The first kappa shape index (κ1) is 18.2. The van der Waals surface area contributed by atoms with Crippen molar-refractivity contribution in [1.82, 2.24) is 5.32 Å². The number of Topliss-reactive ketones (excluding diaryl/α,β-unsaturated/α-hetero) is 1. The number of nitriles is 1. The van der Waals surface area contributed by atoms with E-state index in [-0.39, 0.29) is 17.3 Å². The van der Waals surface area contributed by atoms with Crippen LogP contribution in [0.15, 0.2) is 54.1 Å². The number of nitrogens with zero attached hydrogens (tertiary/aromatic N) is 1. The number of carbonyl (C=O) groups is 2. The average molecular weight is 332 g/mol. The van der Waals surface area contributed by atoms with Gasteiger partial charge in [-0.3, -0.25) is 9.59 Å². The van der Waals surface area contributed by atoms with Gasteiger partial charge in [0.1, 0.15) is 11.6 Å². The molecule has 0 saturated heterocycles. The number of hydrogen-bond acceptors (Lipinski definition) is 3. The van der Waals surface area contributed by atoms with Crippen molar-refractivity contribution in [3.63, 3.8) is 0 Å². The molecule has 0 fully saturated rings. The summed E-state index contributed by atoms with van der Waals surface area (Å²) in [6.07, 6.45) is 3.55. The number of nitrogens with one attached hydrogen (secondary N) is 1. The van der Waals surface area contributed by atoms with Gasteiger partial charge < -0.3 is 5.32 Å². The van der Waals surface area contributed by atoms with E-state index in [2.05, 4.69) is 12.2 Å². The van der Waals surface area contributed by atoms with Gasteiger partial charge in [0.15, 0.2) is 0 Å². The molecule has 0 atom stereocenters. The van der Waals surface area contributed by atoms with Crippen molar-refractivity contribution in [3.05, 3.63) is 76.4 Å². The monoisotopic (exact) mass is 332 g/mol. The number of benzene rings is 2. The molecule has 0 aliphatic carbocycles. The summed E-state index contributed by atoms with van der Waals surface area (Å²) in [5, 5.41) is 11.9. The van der Waals surface area contributed by atoms with Crippen molar-refractivity contribution >= 4 is 17.8 Å². The van der Waals surface area contributed by atoms with Gasteiger partial charge in [-0.1, -0.05) is 49.7 Å². The number of amides is 1. The molecule has 0 heterocycles. The van der Waals surface area contributed by atoms with Gasteiger partial charge in [-0.25, -0.2) is 0 Å². The van der Waals surface area contributed by atoms with Crippen molar-refractivity contribution in [2.24, 2.45) is 0 Å². The van der Waals surface area contributed by atoms with Crippen molar-refractivity contribution in [2.75, 3.05) is 7.05 Å². The minimum Gasteiger partial charge on any atom is -0.355 e. The van der Waals surface area contributed by atoms with Gasteiger partial charge in [0.25, 0.3) is 5.91 Å². The van der Waals surface area contributed by atoms with Crippen LogP contribution in [0, 0.1) is 11.3 Å². The van der Waals surface area contributed by atoms with Crippen LogP contribution < -0.4 is 5.32 Å². The van der Waals surface area contributed by atoms with E-state index >= 15 is 0 Å². The molecule has 0 unspecified atom stereocenters. The van der Waals surface area contributed by atoms with Crippen molar-refractivity contribution in [3.8, 4) is 6.07 Å². The number of rotatable bonds is 6. The lowest BCUT2D eigenvalue weighted by Gasteiger charge is -2.03. The SMILES string of the molecule is CCCc1ccc(C(=O)/C(C#N)=C\c2ccc(C(=O)NC)cc2)cc1. The van der Waals surface area contributed by atoms with Crippen molar-refractivity contribution in [1.29, 1.82) is 5.26 Å². The van der Waals surface area contributed by atoms with Crippen LogP contribution in [0.5, 0.6) is 0 Å². The molecule has 2 aromatic rings. The Labute approximate surface area is 147 Å². The number of hydrogen-bond donors (Lipinski definition) is 1. The van der Waals surface area contributed by atoms with E-state index in [1.165, 1.54) is 11.6 Å². The molecule has 25 heavy (non-hydrogen) atoms. The average Bonchev–Trinajstić information content (AvgIpc) is 2.66. The van der Waals surface area contributed by atoms with Crippen LogP contribution in [0.25, 0.3) is 6.08 Å². The van der Waals surface area contributed by atoms with Crippen molar-refractivity contribution in [2.45, 2.75) is 19.8 Å². The third-order valence-corrected chi connectivity index (χ3v) is 3.83. The highest BCUT2D eigenvalue weighted by Crippen LogP contribution is 2.15. The Kier molecular flexibility index (Phi) is 6.25. The second-order valence-corrected chi connectivity index (χ2v) is 5.65. The molecule has 0 aliphatic heterocycles.